The molecule has 0 amide bonds. The quantitative estimate of drug-likeness (QED) is 0.605. The first-order valence-corrected chi connectivity index (χ1v) is 3.84. The Balaban J connectivity index is 3.37. The second-order valence-corrected chi connectivity index (χ2v) is 2.83. The van der Waals surface area contributed by atoms with Gasteiger partial charge >= 0.3 is 0 Å². The van der Waals surface area contributed by atoms with E-state index in [-0.39, 0.29) is 12.6 Å². The van der Waals surface area contributed by atoms with Crippen molar-refractivity contribution in [1.29, 1.82) is 5.26 Å². The molecule has 0 N–H and O–H groups in total. The lowest BCUT2D eigenvalue weighted by atomic mass is 10.2. The topological polar surface area (TPSA) is 27.0 Å². The third-order valence-electron chi connectivity index (χ3n) is 1.48. The number of nitrogens with zero attached hydrogens (tertiary/aromatic N) is 2. The molecule has 0 aliphatic heterocycles. The Morgan fingerprint density at radius 1 is 1.64 bits per heavy atom. The summed E-state index contributed by atoms with van der Waals surface area (Å²) in [5.74, 6) is 0.0413. The van der Waals surface area contributed by atoms with Crippen molar-refractivity contribution >= 4 is 0 Å². The molecule has 1 atom stereocenters. The predicted octanol–water partition coefficient (Wildman–Crippen LogP) is 1.44. The van der Waals surface area contributed by atoms with Gasteiger partial charge in [0.25, 0.3) is 0 Å². The van der Waals surface area contributed by atoms with Crippen molar-refractivity contribution in [3.8, 4) is 6.07 Å². The highest BCUT2D eigenvalue weighted by molar-refractivity contribution is 4.80. The van der Waals surface area contributed by atoms with E-state index >= 15 is 0 Å². The summed E-state index contributed by atoms with van der Waals surface area (Å²) in [7, 11) is 1.91. The van der Waals surface area contributed by atoms with Crippen LogP contribution in [0.3, 0.4) is 0 Å². The van der Waals surface area contributed by atoms with E-state index in [0.717, 1.165) is 13.1 Å². The van der Waals surface area contributed by atoms with E-state index in [2.05, 4.69) is 6.07 Å². The minimum atomic E-state index is -0.273. The van der Waals surface area contributed by atoms with Gasteiger partial charge in [-0.15, -0.1) is 0 Å². The molecule has 0 saturated carbocycles. The summed E-state index contributed by atoms with van der Waals surface area (Å²) >= 11 is 0. The van der Waals surface area contributed by atoms with Crippen LogP contribution in [0.1, 0.15) is 13.3 Å². The highest BCUT2D eigenvalue weighted by Gasteiger charge is 2.03. The summed E-state index contributed by atoms with van der Waals surface area (Å²) in [6.07, 6.45) is 0.564. The molecular weight excluding hydrogens is 143 g/mol. The van der Waals surface area contributed by atoms with E-state index in [9.17, 15) is 4.39 Å². The Labute approximate surface area is 67.6 Å². The van der Waals surface area contributed by atoms with Crippen molar-refractivity contribution in [3.05, 3.63) is 0 Å². The Bertz CT molecular complexity index is 131. The van der Waals surface area contributed by atoms with Crippen molar-refractivity contribution in [3.63, 3.8) is 0 Å². The maximum absolute atomic E-state index is 11.7. The molecular formula is C8H15FN2. The highest BCUT2D eigenvalue weighted by Crippen LogP contribution is 1.96. The van der Waals surface area contributed by atoms with Gasteiger partial charge in [-0.05, 0) is 20.4 Å². The largest absolute Gasteiger partial charge is 0.305 e. The summed E-state index contributed by atoms with van der Waals surface area (Å²) in [5, 5.41) is 8.46. The average molecular weight is 158 g/mol. The molecule has 0 aliphatic carbocycles. The van der Waals surface area contributed by atoms with Crippen LogP contribution in [0.2, 0.25) is 0 Å². The van der Waals surface area contributed by atoms with Gasteiger partial charge in [0.15, 0.2) is 0 Å². The molecule has 0 heterocycles. The van der Waals surface area contributed by atoms with E-state index < -0.39 is 0 Å². The molecule has 11 heavy (non-hydrogen) atoms. The van der Waals surface area contributed by atoms with Gasteiger partial charge in [-0.2, -0.15) is 5.26 Å². The number of halogens is 1. The van der Waals surface area contributed by atoms with Crippen molar-refractivity contribution in [1.82, 2.24) is 4.90 Å². The second kappa shape index (κ2) is 6.11. The zero-order valence-electron chi connectivity index (χ0n) is 7.18. The van der Waals surface area contributed by atoms with Gasteiger partial charge in [0.05, 0.1) is 18.7 Å². The molecule has 0 bridgehead atoms. The fourth-order valence-electron chi connectivity index (χ4n) is 0.929. The van der Waals surface area contributed by atoms with Crippen molar-refractivity contribution in [2.75, 3.05) is 26.8 Å². The first kappa shape index (κ1) is 10.4. The summed E-state index contributed by atoms with van der Waals surface area (Å²) in [4.78, 5) is 1.98. The molecule has 0 aromatic heterocycles. The molecule has 0 spiro atoms. The fourth-order valence-corrected chi connectivity index (χ4v) is 0.929. The van der Waals surface area contributed by atoms with Crippen LogP contribution in [0, 0.1) is 17.2 Å². The van der Waals surface area contributed by atoms with E-state index in [1.807, 2.05) is 18.9 Å². The zero-order chi connectivity index (χ0) is 8.69. The second-order valence-electron chi connectivity index (χ2n) is 2.83. The smallest absolute Gasteiger partial charge is 0.0906 e. The molecule has 0 radical (unpaired) electrons. The Morgan fingerprint density at radius 2 is 2.27 bits per heavy atom. The molecule has 0 fully saturated rings. The minimum absolute atomic E-state index is 0.0413. The zero-order valence-corrected chi connectivity index (χ0v) is 7.18. The number of hydrogen-bond acceptors (Lipinski definition) is 2. The molecule has 64 valence electrons. The van der Waals surface area contributed by atoms with Crippen molar-refractivity contribution in [2.45, 2.75) is 13.3 Å². The molecule has 3 heteroatoms. The van der Waals surface area contributed by atoms with Gasteiger partial charge in [-0.1, -0.05) is 0 Å². The molecule has 0 saturated heterocycles. The van der Waals surface area contributed by atoms with E-state index in [1.54, 1.807) is 0 Å². The minimum Gasteiger partial charge on any atom is -0.305 e. The van der Waals surface area contributed by atoms with Crippen LogP contribution in [0.25, 0.3) is 0 Å². The van der Waals surface area contributed by atoms with Crippen LogP contribution in [0.5, 0.6) is 0 Å². The summed E-state index contributed by atoms with van der Waals surface area (Å²) in [5.41, 5.74) is 0. The van der Waals surface area contributed by atoms with E-state index in [0.29, 0.717) is 6.42 Å². The molecule has 1 unspecified atom stereocenters. The van der Waals surface area contributed by atoms with Crippen LogP contribution in [-0.4, -0.2) is 31.7 Å². The third kappa shape index (κ3) is 5.81. The fraction of sp³-hybridized carbons (Fsp3) is 0.875. The van der Waals surface area contributed by atoms with Gasteiger partial charge in [0.1, 0.15) is 0 Å². The van der Waals surface area contributed by atoms with Gasteiger partial charge in [0.2, 0.25) is 0 Å². The maximum atomic E-state index is 11.7. The van der Waals surface area contributed by atoms with Crippen molar-refractivity contribution < 1.29 is 4.39 Å². The first-order valence-electron chi connectivity index (χ1n) is 3.84. The molecule has 2 nitrogen and oxygen atoms in total. The monoisotopic (exact) mass is 158 g/mol. The van der Waals surface area contributed by atoms with Gasteiger partial charge in [-0.3, -0.25) is 4.39 Å². The molecule has 0 aromatic rings. The lowest BCUT2D eigenvalue weighted by molar-refractivity contribution is 0.291. The lowest BCUT2D eigenvalue weighted by Gasteiger charge is -2.16. The Hall–Kier alpha value is -0.620. The van der Waals surface area contributed by atoms with Crippen molar-refractivity contribution in [2.24, 2.45) is 5.92 Å². The summed E-state index contributed by atoms with van der Waals surface area (Å²) in [6.45, 7) is 3.07. The van der Waals surface area contributed by atoms with E-state index in [4.69, 9.17) is 5.26 Å². The first-order chi connectivity index (χ1) is 5.20. The van der Waals surface area contributed by atoms with Crippen LogP contribution in [0.15, 0.2) is 0 Å². The van der Waals surface area contributed by atoms with Gasteiger partial charge < -0.3 is 4.90 Å². The SMILES string of the molecule is CC(C#N)CN(C)CCCF. The highest BCUT2D eigenvalue weighted by atomic mass is 19.1. The van der Waals surface area contributed by atoms with Gasteiger partial charge in [0, 0.05) is 13.1 Å². The number of rotatable bonds is 5. The summed E-state index contributed by atoms with van der Waals surface area (Å²) < 4.78 is 11.7. The number of hydrogen-bond donors (Lipinski definition) is 0. The van der Waals surface area contributed by atoms with E-state index in [1.165, 1.54) is 0 Å². The Kier molecular flexibility index (Phi) is 5.77. The predicted molar refractivity (Wildman–Crippen MR) is 42.9 cm³/mol. The molecule has 0 rings (SSSR count). The lowest BCUT2D eigenvalue weighted by Crippen LogP contribution is -2.25. The van der Waals surface area contributed by atoms with Gasteiger partial charge in [-0.25, -0.2) is 0 Å². The number of nitriles is 1. The normalized spacial score (nSPS) is 13.0. The van der Waals surface area contributed by atoms with Crippen LogP contribution in [-0.2, 0) is 0 Å². The standard InChI is InChI=1S/C8H15FN2/c1-8(6-10)7-11(2)5-3-4-9/h8H,3-5,7H2,1-2H3. The Morgan fingerprint density at radius 3 is 2.73 bits per heavy atom. The van der Waals surface area contributed by atoms with Crippen LogP contribution >= 0.6 is 0 Å². The number of alkyl halides is 1. The molecule has 0 aromatic carbocycles. The average Bonchev–Trinajstić information content (AvgIpc) is 2.00. The van der Waals surface area contributed by atoms with Crippen LogP contribution < -0.4 is 0 Å². The summed E-state index contributed by atoms with van der Waals surface area (Å²) in [6, 6.07) is 2.14. The maximum Gasteiger partial charge on any atom is 0.0906 e. The third-order valence-corrected chi connectivity index (χ3v) is 1.48. The van der Waals surface area contributed by atoms with Crippen LogP contribution in [0.4, 0.5) is 4.39 Å². The molecule has 0 aliphatic rings.